The van der Waals surface area contributed by atoms with Gasteiger partial charge >= 0.3 is 0 Å². The van der Waals surface area contributed by atoms with E-state index in [1.54, 1.807) is 13.3 Å². The monoisotopic (exact) mass is 330 g/mol. The Morgan fingerprint density at radius 1 is 1.25 bits per heavy atom. The van der Waals surface area contributed by atoms with Crippen LogP contribution in [0.15, 0.2) is 30.5 Å². The van der Waals surface area contributed by atoms with E-state index in [2.05, 4.69) is 10.3 Å². The summed E-state index contributed by atoms with van der Waals surface area (Å²) in [6, 6.07) is 7.42. The van der Waals surface area contributed by atoms with Crippen LogP contribution < -0.4 is 10.1 Å². The zero-order valence-electron chi connectivity index (χ0n) is 14.9. The van der Waals surface area contributed by atoms with Crippen molar-refractivity contribution in [3.63, 3.8) is 0 Å². The summed E-state index contributed by atoms with van der Waals surface area (Å²) in [5.74, 6) is 0.551. The van der Waals surface area contributed by atoms with Crippen LogP contribution >= 0.6 is 0 Å². The van der Waals surface area contributed by atoms with Crippen molar-refractivity contribution in [2.45, 2.75) is 45.6 Å². The fourth-order valence-electron chi connectivity index (χ4n) is 2.73. The summed E-state index contributed by atoms with van der Waals surface area (Å²) in [7, 11) is 1.61. The molecule has 1 aromatic heterocycles. The minimum Gasteiger partial charge on any atom is -0.494 e. The van der Waals surface area contributed by atoms with Gasteiger partial charge in [0.05, 0.1) is 12.8 Å². The molecule has 130 valence electrons. The Hall–Kier alpha value is -2.14. The predicted molar refractivity (Wildman–Crippen MR) is 96.5 cm³/mol. The van der Waals surface area contributed by atoms with E-state index in [1.807, 2.05) is 45.0 Å². The number of ether oxygens (including phenoxy) is 2. The van der Waals surface area contributed by atoms with Crippen molar-refractivity contribution in [2.24, 2.45) is 0 Å². The summed E-state index contributed by atoms with van der Waals surface area (Å²) in [5, 5.41) is 3.86. The molecular weight excluding hydrogens is 304 g/mol. The number of hydrogen-bond donors (Lipinski definition) is 1. The van der Waals surface area contributed by atoms with Gasteiger partial charge in [-0.15, -0.1) is 0 Å². The number of fused-ring (bicyclic) bond motifs is 1. The zero-order valence-corrected chi connectivity index (χ0v) is 14.9. The Labute approximate surface area is 143 Å². The number of benzene rings is 1. The average Bonchev–Trinajstić information content (AvgIpc) is 2.60. The lowest BCUT2D eigenvalue weighted by Crippen LogP contribution is -2.43. The SMILES string of the molecule is CCCO[C@@](C)(CCC)C(=O)Nc1ccc(OC)c2ncccc12. The van der Waals surface area contributed by atoms with Gasteiger partial charge in [-0.1, -0.05) is 20.3 Å². The smallest absolute Gasteiger partial charge is 0.256 e. The number of anilines is 1. The molecule has 0 bridgehead atoms. The van der Waals surface area contributed by atoms with E-state index < -0.39 is 5.60 Å². The van der Waals surface area contributed by atoms with Crippen molar-refractivity contribution in [3.05, 3.63) is 30.5 Å². The molecule has 1 aromatic carbocycles. The van der Waals surface area contributed by atoms with Crippen LogP contribution in [0.5, 0.6) is 5.75 Å². The quantitative estimate of drug-likeness (QED) is 0.789. The third kappa shape index (κ3) is 3.85. The topological polar surface area (TPSA) is 60.5 Å². The standard InChI is InChI=1S/C19H26N2O3/c1-5-11-19(3,24-13-6-2)18(22)21-15-9-10-16(23-4)17-14(15)8-7-12-20-17/h7-10,12H,5-6,11,13H2,1-4H3,(H,21,22)/t19-/m0/s1. The molecule has 0 aliphatic rings. The first-order valence-electron chi connectivity index (χ1n) is 8.42. The number of pyridine rings is 1. The van der Waals surface area contributed by atoms with Crippen LogP contribution in [0.1, 0.15) is 40.0 Å². The summed E-state index contributed by atoms with van der Waals surface area (Å²) in [4.78, 5) is 17.2. The second kappa shape index (κ2) is 8.11. The van der Waals surface area contributed by atoms with Crippen molar-refractivity contribution < 1.29 is 14.3 Å². The molecule has 24 heavy (non-hydrogen) atoms. The normalized spacial score (nSPS) is 13.5. The number of carbonyl (C=O) groups is 1. The Balaban J connectivity index is 2.32. The van der Waals surface area contributed by atoms with Gasteiger partial charge in [0.25, 0.3) is 5.91 Å². The van der Waals surface area contributed by atoms with Gasteiger partial charge in [0, 0.05) is 18.2 Å². The number of nitrogens with one attached hydrogen (secondary N) is 1. The molecule has 2 aromatic rings. The Kier molecular flexibility index (Phi) is 6.15. The van der Waals surface area contributed by atoms with Gasteiger partial charge in [-0.3, -0.25) is 9.78 Å². The number of aromatic nitrogens is 1. The fourth-order valence-corrected chi connectivity index (χ4v) is 2.73. The molecule has 0 saturated heterocycles. The molecule has 5 heteroatoms. The third-order valence-corrected chi connectivity index (χ3v) is 4.03. The molecule has 1 amide bonds. The Morgan fingerprint density at radius 3 is 2.71 bits per heavy atom. The molecule has 5 nitrogen and oxygen atoms in total. The number of amides is 1. The van der Waals surface area contributed by atoms with E-state index in [9.17, 15) is 4.79 Å². The van der Waals surface area contributed by atoms with Crippen LogP contribution in [0.2, 0.25) is 0 Å². The molecule has 0 fully saturated rings. The molecule has 0 aliphatic carbocycles. The second-order valence-corrected chi connectivity index (χ2v) is 6.00. The molecule has 0 saturated carbocycles. The number of carbonyl (C=O) groups excluding carboxylic acids is 1. The molecule has 1 N–H and O–H groups in total. The van der Waals surface area contributed by atoms with Gasteiger partial charge in [0.15, 0.2) is 0 Å². The molecular formula is C19H26N2O3. The number of rotatable bonds is 8. The van der Waals surface area contributed by atoms with Gasteiger partial charge in [-0.2, -0.15) is 0 Å². The first kappa shape index (κ1) is 18.2. The summed E-state index contributed by atoms with van der Waals surface area (Å²) < 4.78 is 11.2. The summed E-state index contributed by atoms with van der Waals surface area (Å²) >= 11 is 0. The molecule has 2 rings (SSSR count). The number of hydrogen-bond acceptors (Lipinski definition) is 4. The first-order chi connectivity index (χ1) is 11.6. The van der Waals surface area contributed by atoms with Crippen molar-refractivity contribution in [1.82, 2.24) is 4.98 Å². The van der Waals surface area contributed by atoms with Crippen LogP contribution in [-0.2, 0) is 9.53 Å². The van der Waals surface area contributed by atoms with E-state index in [-0.39, 0.29) is 5.91 Å². The largest absolute Gasteiger partial charge is 0.494 e. The van der Waals surface area contributed by atoms with E-state index in [0.29, 0.717) is 24.5 Å². The third-order valence-electron chi connectivity index (χ3n) is 4.03. The van der Waals surface area contributed by atoms with Crippen LogP contribution in [0.4, 0.5) is 5.69 Å². The highest BCUT2D eigenvalue weighted by Gasteiger charge is 2.33. The number of methoxy groups -OCH3 is 1. The van der Waals surface area contributed by atoms with Gasteiger partial charge in [-0.25, -0.2) is 0 Å². The minimum atomic E-state index is -0.834. The fraction of sp³-hybridized carbons (Fsp3) is 0.474. The molecule has 1 heterocycles. The molecule has 0 radical (unpaired) electrons. The predicted octanol–water partition coefficient (Wildman–Crippen LogP) is 4.17. The van der Waals surface area contributed by atoms with Crippen molar-refractivity contribution in [2.75, 3.05) is 19.0 Å². The molecule has 1 atom stereocenters. The van der Waals surface area contributed by atoms with Gasteiger partial charge in [-0.05, 0) is 44.0 Å². The van der Waals surface area contributed by atoms with E-state index >= 15 is 0 Å². The molecule has 0 unspecified atom stereocenters. The summed E-state index contributed by atoms with van der Waals surface area (Å²) in [6.07, 6.45) is 4.13. The maximum Gasteiger partial charge on any atom is 0.256 e. The van der Waals surface area contributed by atoms with Gasteiger partial charge in [0.1, 0.15) is 16.9 Å². The summed E-state index contributed by atoms with van der Waals surface area (Å²) in [6.45, 7) is 6.50. The lowest BCUT2D eigenvalue weighted by Gasteiger charge is -2.28. The Bertz CT molecular complexity index is 702. The lowest BCUT2D eigenvalue weighted by atomic mass is 9.98. The maximum absolute atomic E-state index is 12.8. The highest BCUT2D eigenvalue weighted by molar-refractivity contribution is 6.05. The van der Waals surface area contributed by atoms with Crippen LogP contribution in [0.3, 0.4) is 0 Å². The second-order valence-electron chi connectivity index (χ2n) is 6.00. The van der Waals surface area contributed by atoms with E-state index in [4.69, 9.17) is 9.47 Å². The molecule has 0 aliphatic heterocycles. The van der Waals surface area contributed by atoms with Crippen LogP contribution in [-0.4, -0.2) is 30.2 Å². The van der Waals surface area contributed by atoms with Crippen LogP contribution in [0, 0.1) is 0 Å². The first-order valence-corrected chi connectivity index (χ1v) is 8.42. The number of nitrogens with zero attached hydrogens (tertiary/aromatic N) is 1. The van der Waals surface area contributed by atoms with Crippen molar-refractivity contribution in [3.8, 4) is 5.75 Å². The Morgan fingerprint density at radius 2 is 2.04 bits per heavy atom. The highest BCUT2D eigenvalue weighted by Crippen LogP contribution is 2.31. The lowest BCUT2D eigenvalue weighted by molar-refractivity contribution is -0.140. The van der Waals surface area contributed by atoms with E-state index in [0.717, 1.165) is 23.7 Å². The van der Waals surface area contributed by atoms with Crippen molar-refractivity contribution >= 4 is 22.5 Å². The van der Waals surface area contributed by atoms with Crippen LogP contribution in [0.25, 0.3) is 10.9 Å². The molecule has 0 spiro atoms. The van der Waals surface area contributed by atoms with E-state index in [1.165, 1.54) is 0 Å². The maximum atomic E-state index is 12.8. The average molecular weight is 330 g/mol. The van der Waals surface area contributed by atoms with Gasteiger partial charge in [0.2, 0.25) is 0 Å². The zero-order chi connectivity index (χ0) is 17.6. The van der Waals surface area contributed by atoms with Gasteiger partial charge < -0.3 is 14.8 Å². The minimum absolute atomic E-state index is 0.131. The van der Waals surface area contributed by atoms with Crippen molar-refractivity contribution in [1.29, 1.82) is 0 Å². The highest BCUT2D eigenvalue weighted by atomic mass is 16.5. The summed E-state index contributed by atoms with van der Waals surface area (Å²) in [5.41, 5.74) is 0.606.